The van der Waals surface area contributed by atoms with Gasteiger partial charge in [-0.05, 0) is 42.9 Å². The zero-order chi connectivity index (χ0) is 19.9. The van der Waals surface area contributed by atoms with E-state index in [1.54, 1.807) is 24.3 Å². The van der Waals surface area contributed by atoms with Gasteiger partial charge in [-0.15, -0.1) is 0 Å². The molecule has 2 rings (SSSR count). The van der Waals surface area contributed by atoms with Crippen molar-refractivity contribution in [1.82, 2.24) is 14.5 Å². The Labute approximate surface area is 165 Å². The van der Waals surface area contributed by atoms with Gasteiger partial charge in [-0.2, -0.15) is 4.31 Å². The molecule has 0 aliphatic carbocycles. The van der Waals surface area contributed by atoms with Gasteiger partial charge in [0.25, 0.3) is 0 Å². The minimum Gasteiger partial charge on any atom is -0.497 e. The van der Waals surface area contributed by atoms with E-state index in [-0.39, 0.29) is 10.9 Å². The number of piperazine rings is 1. The molecule has 0 spiro atoms. The maximum atomic E-state index is 12.7. The molecule has 8 nitrogen and oxygen atoms in total. The van der Waals surface area contributed by atoms with Gasteiger partial charge < -0.3 is 19.7 Å². The number of carbonyl (C=O) groups is 1. The molecule has 0 aromatic heterocycles. The van der Waals surface area contributed by atoms with Crippen LogP contribution >= 0.6 is 12.2 Å². The van der Waals surface area contributed by atoms with Crippen LogP contribution in [0.5, 0.6) is 5.75 Å². The van der Waals surface area contributed by atoms with Crippen molar-refractivity contribution in [2.45, 2.75) is 17.7 Å². The second-order valence-electron chi connectivity index (χ2n) is 5.98. The third-order valence-electron chi connectivity index (χ3n) is 4.28. The first-order chi connectivity index (χ1) is 12.9. The second kappa shape index (κ2) is 9.86. The lowest BCUT2D eigenvalue weighted by atomic mass is 10.3. The molecule has 1 heterocycles. The smallest absolute Gasteiger partial charge is 0.305 e. The number of sulfonamides is 1. The summed E-state index contributed by atoms with van der Waals surface area (Å²) in [6.07, 6.45) is 0.957. The molecule has 1 aliphatic heterocycles. The average Bonchev–Trinajstić information content (AvgIpc) is 2.70. The quantitative estimate of drug-likeness (QED) is 0.398. The first-order valence-electron chi connectivity index (χ1n) is 8.62. The molecule has 27 heavy (non-hydrogen) atoms. The zero-order valence-electron chi connectivity index (χ0n) is 15.5. The molecule has 0 atom stereocenters. The van der Waals surface area contributed by atoms with E-state index in [0.717, 1.165) is 0 Å². The summed E-state index contributed by atoms with van der Waals surface area (Å²) in [5.41, 5.74) is 0. The van der Waals surface area contributed by atoms with Gasteiger partial charge in [-0.25, -0.2) is 8.42 Å². The molecule has 0 unspecified atom stereocenters. The Kier molecular flexibility index (Phi) is 7.81. The van der Waals surface area contributed by atoms with Gasteiger partial charge in [0, 0.05) is 39.1 Å². The van der Waals surface area contributed by atoms with Crippen LogP contribution in [0.1, 0.15) is 12.8 Å². The SMILES string of the molecule is COC(=O)CCCNC(=S)N1CCN(S(=O)(=O)c2ccc(OC)cc2)CC1. The number of nitrogens with zero attached hydrogens (tertiary/aromatic N) is 2. The van der Waals surface area contributed by atoms with Crippen LogP contribution in [0.15, 0.2) is 29.2 Å². The summed E-state index contributed by atoms with van der Waals surface area (Å²) in [5, 5.41) is 3.67. The lowest BCUT2D eigenvalue weighted by Gasteiger charge is -2.35. The maximum absolute atomic E-state index is 12.7. The summed E-state index contributed by atoms with van der Waals surface area (Å²) in [6, 6.07) is 6.37. The molecule has 0 bridgehead atoms. The van der Waals surface area contributed by atoms with Crippen molar-refractivity contribution in [3.05, 3.63) is 24.3 Å². The van der Waals surface area contributed by atoms with Crippen molar-refractivity contribution < 1.29 is 22.7 Å². The zero-order valence-corrected chi connectivity index (χ0v) is 17.1. The number of esters is 1. The van der Waals surface area contributed by atoms with Gasteiger partial charge >= 0.3 is 5.97 Å². The molecule has 0 amide bonds. The molecule has 1 fully saturated rings. The van der Waals surface area contributed by atoms with Gasteiger partial charge in [-0.3, -0.25) is 4.79 Å². The van der Waals surface area contributed by atoms with Crippen molar-refractivity contribution in [3.63, 3.8) is 0 Å². The Morgan fingerprint density at radius 3 is 2.33 bits per heavy atom. The number of hydrogen-bond donors (Lipinski definition) is 1. The van der Waals surface area contributed by atoms with Crippen LogP contribution in [0.25, 0.3) is 0 Å². The highest BCUT2D eigenvalue weighted by molar-refractivity contribution is 7.89. The third kappa shape index (κ3) is 5.78. The van der Waals surface area contributed by atoms with Crippen LogP contribution in [-0.4, -0.2) is 75.6 Å². The molecule has 0 saturated carbocycles. The van der Waals surface area contributed by atoms with Crippen LogP contribution in [0.3, 0.4) is 0 Å². The van der Waals surface area contributed by atoms with Crippen molar-refractivity contribution in [1.29, 1.82) is 0 Å². The number of benzene rings is 1. The van der Waals surface area contributed by atoms with E-state index in [0.29, 0.717) is 56.4 Å². The highest BCUT2D eigenvalue weighted by Gasteiger charge is 2.29. The lowest BCUT2D eigenvalue weighted by molar-refractivity contribution is -0.140. The maximum Gasteiger partial charge on any atom is 0.305 e. The van der Waals surface area contributed by atoms with Gasteiger partial charge in [0.05, 0.1) is 19.1 Å². The number of rotatable bonds is 7. The first kappa shape index (κ1) is 21.4. The number of methoxy groups -OCH3 is 2. The summed E-state index contributed by atoms with van der Waals surface area (Å²) in [5.74, 6) is 0.363. The van der Waals surface area contributed by atoms with E-state index in [2.05, 4.69) is 10.1 Å². The molecule has 1 saturated heterocycles. The molecule has 150 valence electrons. The summed E-state index contributed by atoms with van der Waals surface area (Å²) in [7, 11) is -0.636. The summed E-state index contributed by atoms with van der Waals surface area (Å²) in [6.45, 7) is 2.31. The van der Waals surface area contributed by atoms with E-state index in [9.17, 15) is 13.2 Å². The number of thiocarbonyl (C=S) groups is 1. The van der Waals surface area contributed by atoms with Crippen LogP contribution < -0.4 is 10.1 Å². The number of ether oxygens (including phenoxy) is 2. The van der Waals surface area contributed by atoms with Crippen LogP contribution in [0.4, 0.5) is 0 Å². The van der Waals surface area contributed by atoms with Crippen molar-refractivity contribution in [2.75, 3.05) is 46.9 Å². The molecule has 1 N–H and O–H groups in total. The molecule has 0 radical (unpaired) electrons. The molecular formula is C17H25N3O5S2. The van der Waals surface area contributed by atoms with E-state index >= 15 is 0 Å². The van der Waals surface area contributed by atoms with Crippen molar-refractivity contribution in [3.8, 4) is 5.75 Å². The summed E-state index contributed by atoms with van der Waals surface area (Å²) >= 11 is 5.35. The highest BCUT2D eigenvalue weighted by Crippen LogP contribution is 2.20. The normalized spacial score (nSPS) is 15.3. The van der Waals surface area contributed by atoms with Gasteiger partial charge in [0.1, 0.15) is 5.75 Å². The second-order valence-corrected chi connectivity index (χ2v) is 8.30. The van der Waals surface area contributed by atoms with E-state index in [1.165, 1.54) is 18.5 Å². The minimum atomic E-state index is -3.53. The molecule has 1 aromatic carbocycles. The Hall–Kier alpha value is -1.91. The highest BCUT2D eigenvalue weighted by atomic mass is 32.2. The van der Waals surface area contributed by atoms with Crippen LogP contribution in [0.2, 0.25) is 0 Å². The Morgan fingerprint density at radius 1 is 1.15 bits per heavy atom. The van der Waals surface area contributed by atoms with Crippen LogP contribution in [0, 0.1) is 0 Å². The van der Waals surface area contributed by atoms with Crippen molar-refractivity contribution >= 4 is 33.3 Å². The van der Waals surface area contributed by atoms with E-state index in [4.69, 9.17) is 17.0 Å². The predicted molar refractivity (Wildman–Crippen MR) is 105 cm³/mol. The molecule has 1 aliphatic rings. The van der Waals surface area contributed by atoms with Gasteiger partial charge in [-0.1, -0.05) is 0 Å². The number of nitrogens with one attached hydrogen (secondary N) is 1. The Bertz CT molecular complexity index is 744. The third-order valence-corrected chi connectivity index (χ3v) is 6.60. The van der Waals surface area contributed by atoms with E-state index in [1.807, 2.05) is 4.90 Å². The van der Waals surface area contributed by atoms with E-state index < -0.39 is 10.0 Å². The fraction of sp³-hybridized carbons (Fsp3) is 0.529. The van der Waals surface area contributed by atoms with Gasteiger partial charge in [0.15, 0.2) is 5.11 Å². The summed E-state index contributed by atoms with van der Waals surface area (Å²) in [4.78, 5) is 13.3. The first-order valence-corrected chi connectivity index (χ1v) is 10.5. The fourth-order valence-electron chi connectivity index (χ4n) is 2.67. The standard InChI is InChI=1S/C17H25N3O5S2/c1-24-14-5-7-15(8-6-14)27(22,23)20-12-10-19(11-13-20)17(26)18-9-3-4-16(21)25-2/h5-8H,3-4,9-13H2,1-2H3,(H,18,26). The van der Waals surface area contributed by atoms with Crippen molar-refractivity contribution in [2.24, 2.45) is 0 Å². The predicted octanol–water partition coefficient (Wildman–Crippen LogP) is 0.829. The monoisotopic (exact) mass is 415 g/mol. The van der Waals surface area contributed by atoms with Gasteiger partial charge in [0.2, 0.25) is 10.0 Å². The van der Waals surface area contributed by atoms with Crippen LogP contribution in [-0.2, 0) is 19.6 Å². The average molecular weight is 416 g/mol. The topological polar surface area (TPSA) is 88.2 Å². The fourth-order valence-corrected chi connectivity index (χ4v) is 4.38. The molecule has 1 aromatic rings. The number of hydrogen-bond acceptors (Lipinski definition) is 6. The Balaban J connectivity index is 1.83. The number of carbonyl (C=O) groups excluding carboxylic acids is 1. The lowest BCUT2D eigenvalue weighted by Crippen LogP contribution is -2.53. The Morgan fingerprint density at radius 2 is 1.78 bits per heavy atom. The molecular weight excluding hydrogens is 390 g/mol. The largest absolute Gasteiger partial charge is 0.497 e. The molecule has 10 heteroatoms. The minimum absolute atomic E-state index is 0.250. The summed E-state index contributed by atoms with van der Waals surface area (Å²) < 4.78 is 36.6.